The second-order valence-corrected chi connectivity index (χ2v) is 5.01. The van der Waals surface area contributed by atoms with Crippen LogP contribution in [0.15, 0.2) is 0 Å². The first kappa shape index (κ1) is 7.47. The van der Waals surface area contributed by atoms with Crippen LogP contribution < -0.4 is 4.57 Å². The SMILES string of the molecule is Cc1sc(I)[n+](C)c1C. The van der Waals surface area contributed by atoms with Crippen LogP contribution in [-0.2, 0) is 7.05 Å². The number of thiazole rings is 1. The molecule has 0 aliphatic heterocycles. The number of halogens is 1. The van der Waals surface area contributed by atoms with Gasteiger partial charge in [0.15, 0.2) is 5.69 Å². The Labute approximate surface area is 72.9 Å². The lowest BCUT2D eigenvalue weighted by molar-refractivity contribution is -0.684. The van der Waals surface area contributed by atoms with Crippen LogP contribution >= 0.6 is 33.9 Å². The van der Waals surface area contributed by atoms with Gasteiger partial charge in [-0.15, -0.1) is 0 Å². The number of hydrogen-bond donors (Lipinski definition) is 0. The van der Waals surface area contributed by atoms with Gasteiger partial charge in [0, 0.05) is 6.92 Å². The first-order chi connectivity index (χ1) is 4.13. The van der Waals surface area contributed by atoms with E-state index in [9.17, 15) is 0 Å². The highest BCUT2D eigenvalue weighted by Crippen LogP contribution is 2.14. The first-order valence-corrected chi connectivity index (χ1v) is 4.64. The van der Waals surface area contributed by atoms with Crippen molar-refractivity contribution in [1.29, 1.82) is 0 Å². The molecule has 0 aliphatic carbocycles. The second-order valence-electron chi connectivity index (χ2n) is 2.06. The summed E-state index contributed by atoms with van der Waals surface area (Å²) in [4.78, 5) is 1.42. The average molecular weight is 254 g/mol. The van der Waals surface area contributed by atoms with Crippen molar-refractivity contribution < 1.29 is 4.57 Å². The normalized spacial score (nSPS) is 10.2. The van der Waals surface area contributed by atoms with Gasteiger partial charge in [0.2, 0.25) is 0 Å². The maximum Gasteiger partial charge on any atom is 0.297 e. The highest BCUT2D eigenvalue weighted by Gasteiger charge is 2.12. The van der Waals surface area contributed by atoms with Crippen LogP contribution in [0.25, 0.3) is 0 Å². The molecule has 0 N–H and O–H groups in total. The summed E-state index contributed by atoms with van der Waals surface area (Å²) < 4.78 is 3.56. The standard InChI is InChI=1S/C6H9INS/c1-4-5(2)9-6(7)8(4)3/h1-3H3/q+1. The zero-order chi connectivity index (χ0) is 7.02. The number of aromatic nitrogens is 1. The minimum atomic E-state index is 1.35. The minimum absolute atomic E-state index is 1.35. The van der Waals surface area contributed by atoms with Crippen molar-refractivity contribution in [1.82, 2.24) is 0 Å². The Morgan fingerprint density at radius 2 is 2.00 bits per heavy atom. The van der Waals surface area contributed by atoms with Gasteiger partial charge in [0.1, 0.15) is 7.05 Å². The molecule has 0 aromatic carbocycles. The van der Waals surface area contributed by atoms with Crippen molar-refractivity contribution >= 4 is 33.9 Å². The summed E-state index contributed by atoms with van der Waals surface area (Å²) in [5, 5.41) is 0. The molecule has 0 bridgehead atoms. The van der Waals surface area contributed by atoms with E-state index in [-0.39, 0.29) is 0 Å². The Bertz CT molecular complexity index is 207. The highest BCUT2D eigenvalue weighted by atomic mass is 127. The van der Waals surface area contributed by atoms with Crippen molar-refractivity contribution in [3.63, 3.8) is 0 Å². The number of hydrogen-bond acceptors (Lipinski definition) is 1. The Hall–Kier alpha value is 0.360. The van der Waals surface area contributed by atoms with Gasteiger partial charge in [0.05, 0.1) is 27.5 Å². The summed E-state index contributed by atoms with van der Waals surface area (Å²) in [6.45, 7) is 4.30. The van der Waals surface area contributed by atoms with E-state index >= 15 is 0 Å². The van der Waals surface area contributed by atoms with Crippen LogP contribution in [0.3, 0.4) is 0 Å². The van der Waals surface area contributed by atoms with Crippen LogP contribution in [0.4, 0.5) is 0 Å². The zero-order valence-electron chi connectivity index (χ0n) is 5.73. The molecule has 1 aromatic rings. The van der Waals surface area contributed by atoms with Crippen molar-refractivity contribution in [3.8, 4) is 0 Å². The molecule has 0 fully saturated rings. The lowest BCUT2D eigenvalue weighted by Crippen LogP contribution is -2.32. The van der Waals surface area contributed by atoms with E-state index in [1.165, 1.54) is 13.6 Å². The van der Waals surface area contributed by atoms with Gasteiger partial charge in [-0.05, 0) is 6.92 Å². The molecule has 50 valence electrons. The van der Waals surface area contributed by atoms with Gasteiger partial charge in [-0.1, -0.05) is 11.3 Å². The van der Waals surface area contributed by atoms with E-state index < -0.39 is 0 Å². The Balaban J connectivity index is 3.29. The third kappa shape index (κ3) is 1.26. The molecule has 0 atom stereocenters. The van der Waals surface area contributed by atoms with Crippen LogP contribution in [-0.4, -0.2) is 0 Å². The van der Waals surface area contributed by atoms with Crippen LogP contribution in [0.5, 0.6) is 0 Å². The highest BCUT2D eigenvalue weighted by molar-refractivity contribution is 14.1. The van der Waals surface area contributed by atoms with Crippen molar-refractivity contribution in [3.05, 3.63) is 13.6 Å². The van der Waals surface area contributed by atoms with E-state index in [0.717, 1.165) is 0 Å². The van der Waals surface area contributed by atoms with E-state index in [1.807, 2.05) is 11.3 Å². The number of nitrogens with zero attached hydrogens (tertiary/aromatic N) is 1. The van der Waals surface area contributed by atoms with Gasteiger partial charge in [-0.2, -0.15) is 4.57 Å². The first-order valence-electron chi connectivity index (χ1n) is 2.74. The molecule has 1 heterocycles. The molecule has 0 saturated heterocycles. The third-order valence-corrected chi connectivity index (χ3v) is 3.94. The molecule has 0 aliphatic rings. The molecule has 9 heavy (non-hydrogen) atoms. The largest absolute Gasteiger partial charge is 0.297 e. The monoisotopic (exact) mass is 254 g/mol. The van der Waals surface area contributed by atoms with Gasteiger partial charge in [-0.3, -0.25) is 0 Å². The summed E-state index contributed by atoms with van der Waals surface area (Å²) in [5.74, 6) is 0. The molecule has 0 unspecified atom stereocenters. The molecular formula is C6H9INS+. The fraction of sp³-hybridized carbons (Fsp3) is 0.500. The maximum atomic E-state index is 2.35. The summed E-state index contributed by atoms with van der Waals surface area (Å²) in [5.41, 5.74) is 1.38. The maximum absolute atomic E-state index is 2.35. The zero-order valence-corrected chi connectivity index (χ0v) is 8.71. The molecule has 0 spiro atoms. The predicted molar refractivity (Wildman–Crippen MR) is 47.7 cm³/mol. The summed E-state index contributed by atoms with van der Waals surface area (Å²) in [6, 6.07) is 0. The summed E-state index contributed by atoms with van der Waals surface area (Å²) >= 11 is 4.20. The lowest BCUT2D eigenvalue weighted by atomic mass is 10.4. The van der Waals surface area contributed by atoms with E-state index in [2.05, 4.69) is 48.1 Å². The van der Waals surface area contributed by atoms with Gasteiger partial charge in [0.25, 0.3) is 3.01 Å². The van der Waals surface area contributed by atoms with E-state index in [4.69, 9.17) is 0 Å². The fourth-order valence-electron chi connectivity index (χ4n) is 0.637. The third-order valence-electron chi connectivity index (χ3n) is 1.51. The summed E-state index contributed by atoms with van der Waals surface area (Å²) in [7, 11) is 2.10. The Kier molecular flexibility index (Phi) is 2.10. The van der Waals surface area contributed by atoms with E-state index in [1.54, 1.807) is 0 Å². The smallest absolute Gasteiger partial charge is 0.184 e. The Morgan fingerprint density at radius 3 is 2.11 bits per heavy atom. The van der Waals surface area contributed by atoms with Crippen LogP contribution in [0.2, 0.25) is 0 Å². The molecule has 0 saturated carbocycles. The molecule has 1 nitrogen and oxygen atoms in total. The van der Waals surface area contributed by atoms with Crippen LogP contribution in [0.1, 0.15) is 10.6 Å². The average Bonchev–Trinajstić information content (AvgIpc) is 1.98. The molecule has 1 rings (SSSR count). The second kappa shape index (κ2) is 2.54. The van der Waals surface area contributed by atoms with Gasteiger partial charge in [-0.25, -0.2) is 0 Å². The molecule has 1 aromatic heterocycles. The molecular weight excluding hydrogens is 245 g/mol. The lowest BCUT2D eigenvalue weighted by Gasteiger charge is -1.81. The van der Waals surface area contributed by atoms with Crippen molar-refractivity contribution in [2.24, 2.45) is 7.05 Å². The van der Waals surface area contributed by atoms with Crippen LogP contribution in [0, 0.1) is 16.9 Å². The van der Waals surface area contributed by atoms with Crippen molar-refractivity contribution in [2.75, 3.05) is 0 Å². The molecule has 3 heteroatoms. The Morgan fingerprint density at radius 1 is 1.44 bits per heavy atom. The van der Waals surface area contributed by atoms with Gasteiger partial charge < -0.3 is 0 Å². The predicted octanol–water partition coefficient (Wildman–Crippen LogP) is 1.79. The summed E-state index contributed by atoms with van der Waals surface area (Å²) in [6.07, 6.45) is 0. The fourth-order valence-corrected chi connectivity index (χ4v) is 2.80. The minimum Gasteiger partial charge on any atom is -0.184 e. The molecule has 0 amide bonds. The number of aryl methyl sites for hydroxylation is 1. The quantitative estimate of drug-likeness (QED) is 0.491. The van der Waals surface area contributed by atoms with Gasteiger partial charge >= 0.3 is 0 Å². The van der Waals surface area contributed by atoms with Crippen molar-refractivity contribution in [2.45, 2.75) is 13.8 Å². The number of rotatable bonds is 0. The van der Waals surface area contributed by atoms with E-state index in [0.29, 0.717) is 0 Å². The topological polar surface area (TPSA) is 3.88 Å². The molecule has 0 radical (unpaired) electrons.